The van der Waals surface area contributed by atoms with Crippen molar-refractivity contribution in [3.8, 4) is 0 Å². The molecule has 1 saturated heterocycles. The maximum absolute atomic E-state index is 11.8. The molecule has 1 N–H and O–H groups in total. The second-order valence-electron chi connectivity index (χ2n) is 4.99. The Labute approximate surface area is 92.3 Å². The number of rotatable bonds is 5. The van der Waals surface area contributed by atoms with Gasteiger partial charge in [0.25, 0.3) is 0 Å². The predicted octanol–water partition coefficient (Wildman–Crippen LogP) is 0.821. The molecule has 0 amide bonds. The predicted molar refractivity (Wildman–Crippen MR) is 60.1 cm³/mol. The van der Waals surface area contributed by atoms with Crippen LogP contribution in [-0.2, 0) is 10.0 Å². The lowest BCUT2D eigenvalue weighted by Crippen LogP contribution is -2.32. The summed E-state index contributed by atoms with van der Waals surface area (Å²) in [6.45, 7) is 5.54. The zero-order valence-electron chi connectivity index (χ0n) is 9.57. The van der Waals surface area contributed by atoms with E-state index in [1.165, 1.54) is 0 Å². The maximum atomic E-state index is 11.8. The van der Waals surface area contributed by atoms with E-state index in [2.05, 4.69) is 13.8 Å². The topological polar surface area (TPSA) is 57.6 Å². The van der Waals surface area contributed by atoms with Crippen molar-refractivity contribution in [3.63, 3.8) is 0 Å². The van der Waals surface area contributed by atoms with Gasteiger partial charge in [0.05, 0.1) is 5.75 Å². The highest BCUT2D eigenvalue weighted by Crippen LogP contribution is 2.30. The fourth-order valence-electron chi connectivity index (χ4n) is 1.83. The minimum atomic E-state index is -3.08. The number of hydrogen-bond donors (Lipinski definition) is 1. The first-order chi connectivity index (χ1) is 6.87. The van der Waals surface area contributed by atoms with Gasteiger partial charge in [0.2, 0.25) is 10.0 Å². The van der Waals surface area contributed by atoms with E-state index in [9.17, 15) is 8.42 Å². The number of sulfonamides is 1. The third-order valence-corrected chi connectivity index (χ3v) is 4.75. The van der Waals surface area contributed by atoms with Gasteiger partial charge >= 0.3 is 0 Å². The van der Waals surface area contributed by atoms with Crippen LogP contribution in [0.2, 0.25) is 0 Å². The highest BCUT2D eigenvalue weighted by atomic mass is 32.2. The molecule has 90 valence electrons. The number of aliphatic hydroxyl groups excluding tert-OH is 1. The Hall–Kier alpha value is -0.130. The summed E-state index contributed by atoms with van der Waals surface area (Å²) in [6.07, 6.45) is 2.05. The lowest BCUT2D eigenvalue weighted by Gasteiger charge is -2.19. The van der Waals surface area contributed by atoms with Crippen molar-refractivity contribution in [2.24, 2.45) is 5.41 Å². The lowest BCUT2D eigenvalue weighted by molar-refractivity contribution is 0.287. The fourth-order valence-corrected chi connectivity index (χ4v) is 3.57. The standard InChI is InChI=1S/C10H21NO3S/c1-10(2)5-6-11(9-10)15(13,14)8-4-3-7-12/h12H,3-9H2,1-2H3. The molecule has 0 unspecified atom stereocenters. The molecule has 0 saturated carbocycles. The Morgan fingerprint density at radius 3 is 2.47 bits per heavy atom. The average molecular weight is 235 g/mol. The van der Waals surface area contributed by atoms with E-state index in [0.29, 0.717) is 25.9 Å². The van der Waals surface area contributed by atoms with Crippen molar-refractivity contribution >= 4 is 10.0 Å². The van der Waals surface area contributed by atoms with Gasteiger partial charge in [-0.3, -0.25) is 0 Å². The zero-order valence-corrected chi connectivity index (χ0v) is 10.4. The molecule has 0 aromatic carbocycles. The average Bonchev–Trinajstić information content (AvgIpc) is 2.47. The Bertz CT molecular complexity index is 298. The van der Waals surface area contributed by atoms with Crippen LogP contribution in [0, 0.1) is 5.41 Å². The molecule has 1 rings (SSSR count). The highest BCUT2D eigenvalue weighted by Gasteiger charge is 2.35. The van der Waals surface area contributed by atoms with Gasteiger partial charge in [-0.2, -0.15) is 0 Å². The summed E-state index contributed by atoms with van der Waals surface area (Å²) in [7, 11) is -3.08. The monoisotopic (exact) mass is 235 g/mol. The quantitative estimate of drug-likeness (QED) is 0.718. The molecule has 0 aromatic heterocycles. The Balaban J connectivity index is 2.49. The molecular formula is C10H21NO3S. The summed E-state index contributed by atoms with van der Waals surface area (Å²) in [5.41, 5.74) is 0.115. The third-order valence-electron chi connectivity index (χ3n) is 2.85. The minimum absolute atomic E-state index is 0.0704. The van der Waals surface area contributed by atoms with Gasteiger partial charge in [0.1, 0.15) is 0 Å². The van der Waals surface area contributed by atoms with E-state index >= 15 is 0 Å². The number of hydrogen-bond acceptors (Lipinski definition) is 3. The van der Waals surface area contributed by atoms with E-state index in [4.69, 9.17) is 5.11 Å². The van der Waals surface area contributed by atoms with E-state index in [1.807, 2.05) is 0 Å². The summed E-state index contributed by atoms with van der Waals surface area (Å²) in [6, 6.07) is 0. The first-order valence-electron chi connectivity index (χ1n) is 5.46. The molecular weight excluding hydrogens is 214 g/mol. The van der Waals surface area contributed by atoms with E-state index < -0.39 is 10.0 Å². The van der Waals surface area contributed by atoms with Crippen LogP contribution in [0.4, 0.5) is 0 Å². The summed E-state index contributed by atoms with van der Waals surface area (Å²) in [4.78, 5) is 0. The summed E-state index contributed by atoms with van der Waals surface area (Å²) >= 11 is 0. The van der Waals surface area contributed by atoms with Gasteiger partial charge in [-0.05, 0) is 24.7 Å². The highest BCUT2D eigenvalue weighted by molar-refractivity contribution is 7.89. The van der Waals surface area contributed by atoms with Gasteiger partial charge in [0.15, 0.2) is 0 Å². The van der Waals surface area contributed by atoms with Crippen LogP contribution >= 0.6 is 0 Å². The van der Waals surface area contributed by atoms with Gasteiger partial charge in [-0.1, -0.05) is 13.8 Å². The molecule has 15 heavy (non-hydrogen) atoms. The summed E-state index contributed by atoms with van der Waals surface area (Å²) in [5.74, 6) is 0.170. The van der Waals surface area contributed by atoms with Gasteiger partial charge in [-0.15, -0.1) is 0 Å². The molecule has 0 aliphatic carbocycles. The normalized spacial score (nSPS) is 22.1. The van der Waals surface area contributed by atoms with Crippen molar-refractivity contribution in [2.75, 3.05) is 25.4 Å². The number of nitrogens with zero attached hydrogens (tertiary/aromatic N) is 1. The fraction of sp³-hybridized carbons (Fsp3) is 1.00. The molecule has 0 aromatic rings. The van der Waals surface area contributed by atoms with E-state index in [-0.39, 0.29) is 17.8 Å². The molecule has 1 fully saturated rings. The van der Waals surface area contributed by atoms with Crippen LogP contribution in [0.25, 0.3) is 0 Å². The second-order valence-corrected chi connectivity index (χ2v) is 7.08. The molecule has 0 bridgehead atoms. The molecule has 5 heteroatoms. The third kappa shape index (κ3) is 3.74. The smallest absolute Gasteiger partial charge is 0.214 e. The van der Waals surface area contributed by atoms with Gasteiger partial charge < -0.3 is 5.11 Å². The number of aliphatic hydroxyl groups is 1. The van der Waals surface area contributed by atoms with Crippen LogP contribution < -0.4 is 0 Å². The Morgan fingerprint density at radius 1 is 1.33 bits per heavy atom. The van der Waals surface area contributed by atoms with Crippen molar-refractivity contribution in [1.82, 2.24) is 4.31 Å². The summed E-state index contributed by atoms with van der Waals surface area (Å²) < 4.78 is 25.3. The minimum Gasteiger partial charge on any atom is -0.396 e. The van der Waals surface area contributed by atoms with E-state index in [1.54, 1.807) is 4.31 Å². The molecule has 0 spiro atoms. The molecule has 4 nitrogen and oxygen atoms in total. The second kappa shape index (κ2) is 4.80. The van der Waals surface area contributed by atoms with Crippen molar-refractivity contribution in [1.29, 1.82) is 0 Å². The lowest BCUT2D eigenvalue weighted by atomic mass is 9.93. The van der Waals surface area contributed by atoms with Crippen LogP contribution in [-0.4, -0.2) is 43.3 Å². The van der Waals surface area contributed by atoms with Gasteiger partial charge in [0, 0.05) is 19.7 Å². The Morgan fingerprint density at radius 2 is 2.00 bits per heavy atom. The van der Waals surface area contributed by atoms with E-state index in [0.717, 1.165) is 6.42 Å². The molecule has 0 radical (unpaired) electrons. The zero-order chi connectivity index (χ0) is 11.5. The largest absolute Gasteiger partial charge is 0.396 e. The van der Waals surface area contributed by atoms with Crippen LogP contribution in [0.15, 0.2) is 0 Å². The molecule has 1 heterocycles. The van der Waals surface area contributed by atoms with Crippen molar-refractivity contribution in [3.05, 3.63) is 0 Å². The van der Waals surface area contributed by atoms with Crippen molar-refractivity contribution in [2.45, 2.75) is 33.1 Å². The molecule has 0 atom stereocenters. The molecule has 1 aliphatic heterocycles. The van der Waals surface area contributed by atoms with Gasteiger partial charge in [-0.25, -0.2) is 12.7 Å². The SMILES string of the molecule is CC1(C)CCN(S(=O)(=O)CCCCO)C1. The first kappa shape index (κ1) is 12.9. The van der Waals surface area contributed by atoms with Crippen LogP contribution in [0.3, 0.4) is 0 Å². The molecule has 1 aliphatic rings. The van der Waals surface area contributed by atoms with Crippen LogP contribution in [0.1, 0.15) is 33.1 Å². The van der Waals surface area contributed by atoms with Crippen LogP contribution in [0.5, 0.6) is 0 Å². The summed E-state index contributed by atoms with van der Waals surface area (Å²) in [5, 5.41) is 8.60. The van der Waals surface area contributed by atoms with Crippen molar-refractivity contribution < 1.29 is 13.5 Å². The number of unbranched alkanes of at least 4 members (excludes halogenated alkanes) is 1. The first-order valence-corrected chi connectivity index (χ1v) is 7.07. The maximum Gasteiger partial charge on any atom is 0.214 e. The Kier molecular flexibility index (Phi) is 4.14.